The second-order valence-corrected chi connectivity index (χ2v) is 8.49. The molecule has 1 saturated carbocycles. The van der Waals surface area contributed by atoms with Crippen LogP contribution < -0.4 is 4.72 Å². The van der Waals surface area contributed by atoms with Gasteiger partial charge in [-0.05, 0) is 42.5 Å². The summed E-state index contributed by atoms with van der Waals surface area (Å²) in [6, 6.07) is 7.76. The highest BCUT2D eigenvalue weighted by Gasteiger charge is 2.30. The minimum absolute atomic E-state index is 0.0938. The van der Waals surface area contributed by atoms with Crippen molar-refractivity contribution in [3.8, 4) is 10.8 Å². The standard InChI is InChI=1S/C15H12ClN3O3S2/c16-10-2-1-3-11(8-10)24(20,21)19-12-6-7-23-13(12)15-17-14(18-22-15)9-4-5-9/h1-3,6-9,19H,4-5H2. The van der Waals surface area contributed by atoms with Crippen LogP contribution in [0.4, 0.5) is 5.69 Å². The van der Waals surface area contributed by atoms with Crippen molar-refractivity contribution in [1.82, 2.24) is 10.1 Å². The Kier molecular flexibility index (Phi) is 3.82. The van der Waals surface area contributed by atoms with Crippen LogP contribution in [0.5, 0.6) is 0 Å². The molecule has 1 fully saturated rings. The Bertz CT molecular complexity index is 993. The van der Waals surface area contributed by atoms with Gasteiger partial charge in [-0.25, -0.2) is 8.42 Å². The highest BCUT2D eigenvalue weighted by Crippen LogP contribution is 2.40. The first kappa shape index (κ1) is 15.6. The highest BCUT2D eigenvalue weighted by atomic mass is 35.5. The first-order valence-corrected chi connectivity index (χ1v) is 9.97. The molecule has 2 heterocycles. The maximum absolute atomic E-state index is 12.5. The van der Waals surface area contributed by atoms with Crippen molar-refractivity contribution < 1.29 is 12.9 Å². The zero-order chi connectivity index (χ0) is 16.7. The van der Waals surface area contributed by atoms with Gasteiger partial charge in [0, 0.05) is 10.9 Å². The molecule has 1 aromatic carbocycles. The predicted molar refractivity (Wildman–Crippen MR) is 91.8 cm³/mol. The molecule has 0 unspecified atom stereocenters. The van der Waals surface area contributed by atoms with E-state index in [9.17, 15) is 8.42 Å². The van der Waals surface area contributed by atoms with E-state index >= 15 is 0 Å². The second kappa shape index (κ2) is 5.87. The van der Waals surface area contributed by atoms with E-state index in [1.54, 1.807) is 23.6 Å². The van der Waals surface area contributed by atoms with E-state index in [1.165, 1.54) is 23.5 Å². The Morgan fingerprint density at radius 2 is 2.12 bits per heavy atom. The van der Waals surface area contributed by atoms with Crippen LogP contribution in [-0.4, -0.2) is 18.6 Å². The van der Waals surface area contributed by atoms with Crippen LogP contribution in [0.15, 0.2) is 45.1 Å². The number of hydrogen-bond acceptors (Lipinski definition) is 6. The molecule has 124 valence electrons. The summed E-state index contributed by atoms with van der Waals surface area (Å²) in [4.78, 5) is 5.06. The number of benzene rings is 1. The summed E-state index contributed by atoms with van der Waals surface area (Å²) < 4.78 is 32.9. The van der Waals surface area contributed by atoms with Crippen molar-refractivity contribution in [3.05, 3.63) is 46.6 Å². The molecule has 1 aliphatic rings. The van der Waals surface area contributed by atoms with Gasteiger partial charge >= 0.3 is 0 Å². The molecule has 0 bridgehead atoms. The number of nitrogens with one attached hydrogen (secondary N) is 1. The molecule has 2 aromatic heterocycles. The van der Waals surface area contributed by atoms with Gasteiger partial charge in [-0.15, -0.1) is 11.3 Å². The fraction of sp³-hybridized carbons (Fsp3) is 0.200. The molecule has 3 aromatic rings. The fourth-order valence-electron chi connectivity index (χ4n) is 2.23. The van der Waals surface area contributed by atoms with Gasteiger partial charge in [0.15, 0.2) is 5.82 Å². The molecule has 0 saturated heterocycles. The predicted octanol–water partition coefficient (Wildman–Crippen LogP) is 4.13. The maximum Gasteiger partial charge on any atom is 0.270 e. The Hall–Kier alpha value is -1.90. The lowest BCUT2D eigenvalue weighted by molar-refractivity contribution is 0.423. The Morgan fingerprint density at radius 3 is 2.88 bits per heavy atom. The molecule has 0 amide bonds. The second-order valence-electron chi connectivity index (χ2n) is 5.46. The van der Waals surface area contributed by atoms with E-state index < -0.39 is 10.0 Å². The fourth-order valence-corrected chi connectivity index (χ4v) is 4.43. The quantitative estimate of drug-likeness (QED) is 0.718. The smallest absolute Gasteiger partial charge is 0.270 e. The number of rotatable bonds is 5. The highest BCUT2D eigenvalue weighted by molar-refractivity contribution is 7.92. The Morgan fingerprint density at radius 1 is 1.29 bits per heavy atom. The maximum atomic E-state index is 12.5. The molecule has 0 spiro atoms. The third-order valence-corrected chi connectivity index (χ3v) is 6.10. The lowest BCUT2D eigenvalue weighted by Crippen LogP contribution is -2.12. The summed E-state index contributed by atoms with van der Waals surface area (Å²) in [5.41, 5.74) is 0.408. The molecule has 0 radical (unpaired) electrons. The van der Waals surface area contributed by atoms with E-state index in [0.29, 0.717) is 33.2 Å². The van der Waals surface area contributed by atoms with Gasteiger partial charge < -0.3 is 4.52 Å². The third-order valence-electron chi connectivity index (χ3n) is 3.59. The number of anilines is 1. The van der Waals surface area contributed by atoms with Crippen molar-refractivity contribution in [1.29, 1.82) is 0 Å². The number of thiophene rings is 1. The van der Waals surface area contributed by atoms with Crippen LogP contribution in [0.25, 0.3) is 10.8 Å². The van der Waals surface area contributed by atoms with Crippen LogP contribution in [0.2, 0.25) is 5.02 Å². The van der Waals surface area contributed by atoms with Gasteiger partial charge in [0.1, 0.15) is 4.88 Å². The van der Waals surface area contributed by atoms with Crippen LogP contribution in [0, 0.1) is 0 Å². The van der Waals surface area contributed by atoms with E-state index in [4.69, 9.17) is 16.1 Å². The molecule has 1 aliphatic carbocycles. The molecule has 0 atom stereocenters. The summed E-state index contributed by atoms with van der Waals surface area (Å²) in [6.45, 7) is 0. The van der Waals surface area contributed by atoms with E-state index in [2.05, 4.69) is 14.9 Å². The van der Waals surface area contributed by atoms with Crippen LogP contribution in [0.1, 0.15) is 24.6 Å². The monoisotopic (exact) mass is 381 g/mol. The van der Waals surface area contributed by atoms with Gasteiger partial charge in [-0.2, -0.15) is 4.98 Å². The van der Waals surface area contributed by atoms with Crippen molar-refractivity contribution in [2.75, 3.05) is 4.72 Å². The molecule has 9 heteroatoms. The molecule has 24 heavy (non-hydrogen) atoms. The number of nitrogens with zero attached hydrogens (tertiary/aromatic N) is 2. The number of sulfonamides is 1. The van der Waals surface area contributed by atoms with Crippen LogP contribution in [-0.2, 0) is 10.0 Å². The molecule has 6 nitrogen and oxygen atoms in total. The summed E-state index contributed by atoms with van der Waals surface area (Å²) in [7, 11) is -3.75. The van der Waals surface area contributed by atoms with Crippen molar-refractivity contribution in [2.45, 2.75) is 23.7 Å². The Labute approximate surface area is 147 Å². The van der Waals surface area contributed by atoms with Crippen LogP contribution >= 0.6 is 22.9 Å². The first-order chi connectivity index (χ1) is 11.5. The van der Waals surface area contributed by atoms with Gasteiger partial charge in [0.25, 0.3) is 15.9 Å². The largest absolute Gasteiger partial charge is 0.333 e. The van der Waals surface area contributed by atoms with Gasteiger partial charge in [0.2, 0.25) is 0 Å². The van der Waals surface area contributed by atoms with E-state index in [-0.39, 0.29) is 4.90 Å². The molecule has 0 aliphatic heterocycles. The summed E-state index contributed by atoms with van der Waals surface area (Å²) in [5, 5.41) is 6.09. The van der Waals surface area contributed by atoms with Crippen molar-refractivity contribution in [3.63, 3.8) is 0 Å². The normalized spacial score (nSPS) is 14.7. The van der Waals surface area contributed by atoms with Crippen LogP contribution in [0.3, 0.4) is 0 Å². The minimum atomic E-state index is -3.75. The minimum Gasteiger partial charge on any atom is -0.333 e. The first-order valence-electron chi connectivity index (χ1n) is 7.23. The number of hydrogen-bond donors (Lipinski definition) is 1. The zero-order valence-corrected chi connectivity index (χ0v) is 14.7. The summed E-state index contributed by atoms with van der Waals surface area (Å²) >= 11 is 7.21. The Balaban J connectivity index is 1.64. The average Bonchev–Trinajstić information content (AvgIpc) is 3.11. The molecular weight excluding hydrogens is 370 g/mol. The third kappa shape index (κ3) is 3.04. The summed E-state index contributed by atoms with van der Waals surface area (Å²) in [5.74, 6) is 1.38. The lowest BCUT2D eigenvalue weighted by Gasteiger charge is -2.07. The average molecular weight is 382 g/mol. The SMILES string of the molecule is O=S(=O)(Nc1ccsc1-c1nc(C2CC2)no1)c1cccc(Cl)c1. The topological polar surface area (TPSA) is 85.1 Å². The zero-order valence-electron chi connectivity index (χ0n) is 12.3. The van der Waals surface area contributed by atoms with E-state index in [0.717, 1.165) is 12.8 Å². The molecule has 1 N–H and O–H groups in total. The van der Waals surface area contributed by atoms with Gasteiger partial charge in [-0.3, -0.25) is 4.72 Å². The molecule has 4 rings (SSSR count). The summed E-state index contributed by atoms with van der Waals surface area (Å²) in [6.07, 6.45) is 2.13. The number of aromatic nitrogens is 2. The van der Waals surface area contributed by atoms with Crippen molar-refractivity contribution >= 4 is 38.6 Å². The van der Waals surface area contributed by atoms with Crippen molar-refractivity contribution in [2.24, 2.45) is 0 Å². The van der Waals surface area contributed by atoms with E-state index in [1.807, 2.05) is 0 Å². The molecular formula is C15H12ClN3O3S2. The lowest BCUT2D eigenvalue weighted by atomic mass is 10.4. The number of halogens is 1. The van der Waals surface area contributed by atoms with Gasteiger partial charge in [0.05, 0.1) is 10.6 Å². The van der Waals surface area contributed by atoms with Gasteiger partial charge in [-0.1, -0.05) is 22.8 Å².